The Hall–Kier alpha value is -0.650. The zero-order valence-corrected chi connectivity index (χ0v) is 13.0. The number of halogens is 1. The van der Waals surface area contributed by atoms with Crippen LogP contribution in [0.5, 0.6) is 0 Å². The molecule has 0 spiro atoms. The van der Waals surface area contributed by atoms with Crippen molar-refractivity contribution in [3.63, 3.8) is 0 Å². The molecule has 106 valence electrons. The number of amides is 1. The van der Waals surface area contributed by atoms with Gasteiger partial charge in [0.15, 0.2) is 0 Å². The molecule has 0 radical (unpaired) electrons. The zero-order chi connectivity index (χ0) is 13.8. The first-order chi connectivity index (χ1) is 9.08. The van der Waals surface area contributed by atoms with Gasteiger partial charge in [0.1, 0.15) is 5.01 Å². The summed E-state index contributed by atoms with van der Waals surface area (Å²) in [7, 11) is 4.02. The minimum atomic E-state index is 0.144. The van der Waals surface area contributed by atoms with Crippen LogP contribution in [0.4, 0.5) is 0 Å². The summed E-state index contributed by atoms with van der Waals surface area (Å²) in [4.78, 5) is 20.6. The fourth-order valence-corrected chi connectivity index (χ4v) is 3.43. The van der Waals surface area contributed by atoms with Gasteiger partial charge in [-0.15, -0.1) is 22.9 Å². The summed E-state index contributed by atoms with van der Waals surface area (Å²) in [5.74, 6) is 1.16. The lowest BCUT2D eigenvalue weighted by molar-refractivity contribution is -0.129. The van der Waals surface area contributed by atoms with Crippen LogP contribution in [-0.4, -0.2) is 54.4 Å². The first-order valence-electron chi connectivity index (χ1n) is 6.50. The molecule has 1 atom stereocenters. The van der Waals surface area contributed by atoms with Crippen molar-refractivity contribution in [3.8, 4) is 0 Å². The fraction of sp³-hybridized carbons (Fsp3) is 0.692. The molecule has 0 saturated carbocycles. The van der Waals surface area contributed by atoms with Crippen molar-refractivity contribution in [2.24, 2.45) is 5.92 Å². The van der Waals surface area contributed by atoms with Gasteiger partial charge in [0, 0.05) is 25.5 Å². The Bertz CT molecular complexity index is 437. The molecule has 0 aliphatic carbocycles. The van der Waals surface area contributed by atoms with E-state index in [9.17, 15) is 4.79 Å². The number of thiazole rings is 1. The van der Waals surface area contributed by atoms with Gasteiger partial charge in [-0.05, 0) is 25.9 Å². The van der Waals surface area contributed by atoms with Crippen molar-refractivity contribution in [1.82, 2.24) is 14.8 Å². The highest BCUT2D eigenvalue weighted by Crippen LogP contribution is 2.17. The molecule has 1 aromatic heterocycles. The zero-order valence-electron chi connectivity index (χ0n) is 11.4. The number of alkyl halides is 1. The number of hydrogen-bond donors (Lipinski definition) is 0. The van der Waals surface area contributed by atoms with Crippen molar-refractivity contribution in [2.45, 2.75) is 18.7 Å². The Morgan fingerprint density at radius 1 is 1.68 bits per heavy atom. The van der Waals surface area contributed by atoms with Crippen molar-refractivity contribution in [3.05, 3.63) is 16.1 Å². The van der Waals surface area contributed by atoms with Crippen LogP contribution in [0.3, 0.4) is 0 Å². The van der Waals surface area contributed by atoms with Gasteiger partial charge in [-0.25, -0.2) is 4.98 Å². The van der Waals surface area contributed by atoms with E-state index in [2.05, 4.69) is 16.9 Å². The average molecular weight is 302 g/mol. The second-order valence-corrected chi connectivity index (χ2v) is 6.44. The topological polar surface area (TPSA) is 36.4 Å². The van der Waals surface area contributed by atoms with Gasteiger partial charge in [0.05, 0.1) is 18.0 Å². The SMILES string of the molecule is CN1CCC(CN(C)C(=O)Cc2nc(CCl)cs2)C1. The molecule has 1 aliphatic rings. The van der Waals surface area contributed by atoms with Gasteiger partial charge < -0.3 is 9.80 Å². The molecule has 2 heterocycles. The predicted molar refractivity (Wildman–Crippen MR) is 78.6 cm³/mol. The maximum Gasteiger partial charge on any atom is 0.229 e. The van der Waals surface area contributed by atoms with E-state index in [-0.39, 0.29) is 5.91 Å². The highest BCUT2D eigenvalue weighted by Gasteiger charge is 2.22. The number of aromatic nitrogens is 1. The van der Waals surface area contributed by atoms with Crippen LogP contribution in [0.25, 0.3) is 0 Å². The molecule has 6 heteroatoms. The number of rotatable bonds is 5. The summed E-state index contributed by atoms with van der Waals surface area (Å²) in [6, 6.07) is 0. The lowest BCUT2D eigenvalue weighted by atomic mass is 10.1. The maximum absolute atomic E-state index is 12.1. The molecule has 2 rings (SSSR count). The van der Waals surface area contributed by atoms with E-state index in [0.29, 0.717) is 18.2 Å². The average Bonchev–Trinajstić information content (AvgIpc) is 2.98. The van der Waals surface area contributed by atoms with Gasteiger partial charge in [-0.3, -0.25) is 4.79 Å². The molecule has 0 aromatic carbocycles. The second kappa shape index (κ2) is 6.68. The Labute approximate surface area is 123 Å². The highest BCUT2D eigenvalue weighted by atomic mass is 35.5. The molecule has 1 saturated heterocycles. The number of likely N-dealkylation sites (N-methyl/N-ethyl adjacent to an activating group) is 1. The first-order valence-corrected chi connectivity index (χ1v) is 7.91. The van der Waals surface area contributed by atoms with Gasteiger partial charge in [-0.1, -0.05) is 0 Å². The van der Waals surface area contributed by atoms with E-state index in [1.807, 2.05) is 17.3 Å². The third kappa shape index (κ3) is 4.16. The van der Waals surface area contributed by atoms with E-state index in [1.54, 1.807) is 0 Å². The maximum atomic E-state index is 12.1. The fourth-order valence-electron chi connectivity index (χ4n) is 2.42. The smallest absolute Gasteiger partial charge is 0.229 e. The molecule has 1 unspecified atom stereocenters. The van der Waals surface area contributed by atoms with Gasteiger partial charge in [0.25, 0.3) is 0 Å². The quantitative estimate of drug-likeness (QED) is 0.779. The molecule has 1 aliphatic heterocycles. The number of nitrogens with zero attached hydrogens (tertiary/aromatic N) is 3. The van der Waals surface area contributed by atoms with E-state index in [0.717, 1.165) is 30.3 Å². The highest BCUT2D eigenvalue weighted by molar-refractivity contribution is 7.09. The van der Waals surface area contributed by atoms with Crippen LogP contribution < -0.4 is 0 Å². The molecule has 0 N–H and O–H groups in total. The van der Waals surface area contributed by atoms with Crippen molar-refractivity contribution < 1.29 is 4.79 Å². The van der Waals surface area contributed by atoms with Crippen LogP contribution >= 0.6 is 22.9 Å². The Balaban J connectivity index is 1.81. The first kappa shape index (κ1) is 14.8. The number of carbonyl (C=O) groups excluding carboxylic acids is 1. The molecule has 1 aromatic rings. The summed E-state index contributed by atoms with van der Waals surface area (Å²) in [5, 5.41) is 2.78. The summed E-state index contributed by atoms with van der Waals surface area (Å²) >= 11 is 7.22. The molecule has 0 bridgehead atoms. The third-order valence-corrected chi connectivity index (χ3v) is 4.66. The monoisotopic (exact) mass is 301 g/mol. The van der Waals surface area contributed by atoms with Gasteiger partial charge in [0.2, 0.25) is 5.91 Å². The van der Waals surface area contributed by atoms with Crippen molar-refractivity contribution in [2.75, 3.05) is 33.7 Å². The second-order valence-electron chi connectivity index (χ2n) is 5.23. The summed E-state index contributed by atoms with van der Waals surface area (Å²) < 4.78 is 0. The van der Waals surface area contributed by atoms with Crippen LogP contribution in [0.15, 0.2) is 5.38 Å². The lowest BCUT2D eigenvalue weighted by Crippen LogP contribution is -2.33. The molecule has 19 heavy (non-hydrogen) atoms. The minimum Gasteiger partial charge on any atom is -0.345 e. The Morgan fingerprint density at radius 3 is 3.05 bits per heavy atom. The summed E-state index contributed by atoms with van der Waals surface area (Å²) in [6.45, 7) is 3.07. The van der Waals surface area contributed by atoms with Crippen molar-refractivity contribution >= 4 is 28.8 Å². The largest absolute Gasteiger partial charge is 0.345 e. The Kier molecular flexibility index (Phi) is 5.19. The molecular formula is C13H20ClN3OS. The van der Waals surface area contributed by atoms with E-state index in [4.69, 9.17) is 11.6 Å². The summed E-state index contributed by atoms with van der Waals surface area (Å²) in [6.07, 6.45) is 1.57. The standard InChI is InChI=1S/C13H20ClN3OS/c1-16-4-3-10(7-16)8-17(2)13(18)5-12-15-11(6-14)9-19-12/h9-10H,3-8H2,1-2H3. The van der Waals surface area contributed by atoms with Gasteiger partial charge in [-0.2, -0.15) is 0 Å². The van der Waals surface area contributed by atoms with Crippen LogP contribution in [0.1, 0.15) is 17.1 Å². The molecule has 4 nitrogen and oxygen atoms in total. The van der Waals surface area contributed by atoms with E-state index < -0.39 is 0 Å². The number of likely N-dealkylation sites (tertiary alicyclic amines) is 1. The van der Waals surface area contributed by atoms with Crippen LogP contribution in [-0.2, 0) is 17.1 Å². The number of carbonyl (C=O) groups is 1. The molecular weight excluding hydrogens is 282 g/mol. The van der Waals surface area contributed by atoms with E-state index >= 15 is 0 Å². The predicted octanol–water partition coefficient (Wildman–Crippen LogP) is 1.83. The Morgan fingerprint density at radius 2 is 2.47 bits per heavy atom. The van der Waals surface area contributed by atoms with Gasteiger partial charge >= 0.3 is 0 Å². The normalized spacial score (nSPS) is 19.8. The van der Waals surface area contributed by atoms with Crippen LogP contribution in [0, 0.1) is 5.92 Å². The molecule has 1 fully saturated rings. The third-order valence-electron chi connectivity index (χ3n) is 3.49. The van der Waals surface area contributed by atoms with Crippen molar-refractivity contribution in [1.29, 1.82) is 0 Å². The van der Waals surface area contributed by atoms with Crippen LogP contribution in [0.2, 0.25) is 0 Å². The number of hydrogen-bond acceptors (Lipinski definition) is 4. The van der Waals surface area contributed by atoms with E-state index in [1.165, 1.54) is 17.8 Å². The minimum absolute atomic E-state index is 0.144. The molecule has 1 amide bonds. The lowest BCUT2D eigenvalue weighted by Gasteiger charge is -2.20. The summed E-state index contributed by atoms with van der Waals surface area (Å²) in [5.41, 5.74) is 0.856.